The lowest BCUT2D eigenvalue weighted by Crippen LogP contribution is -2.19. The highest BCUT2D eigenvalue weighted by molar-refractivity contribution is 5.84. The number of rotatable bonds is 4. The molecule has 24 heavy (non-hydrogen) atoms. The lowest BCUT2D eigenvalue weighted by Gasteiger charge is -2.18. The van der Waals surface area contributed by atoms with Crippen molar-refractivity contribution < 1.29 is 0 Å². The summed E-state index contributed by atoms with van der Waals surface area (Å²) < 4.78 is 0. The fourth-order valence-electron chi connectivity index (χ4n) is 3.26. The Hall–Kier alpha value is -2.87. The lowest BCUT2D eigenvalue weighted by molar-refractivity contribution is 0.463. The Morgan fingerprint density at radius 3 is 2.12 bits per heavy atom. The van der Waals surface area contributed by atoms with Crippen molar-refractivity contribution in [2.75, 3.05) is 13.1 Å². The summed E-state index contributed by atoms with van der Waals surface area (Å²) in [5, 5.41) is 0. The van der Waals surface area contributed by atoms with Gasteiger partial charge in [0.05, 0.1) is 12.9 Å². The minimum atomic E-state index is 0.906. The third-order valence-corrected chi connectivity index (χ3v) is 4.45. The summed E-state index contributed by atoms with van der Waals surface area (Å²) in [6.07, 6.45) is 1.97. The zero-order chi connectivity index (χ0) is 16.2. The van der Waals surface area contributed by atoms with Gasteiger partial charge in [0, 0.05) is 13.1 Å². The molecule has 3 aromatic carbocycles. The van der Waals surface area contributed by atoms with Gasteiger partial charge in [-0.25, -0.2) is 0 Å². The highest BCUT2D eigenvalue weighted by Gasteiger charge is 2.13. The number of hydrogen-bond donors (Lipinski definition) is 0. The van der Waals surface area contributed by atoms with Crippen LogP contribution in [0.1, 0.15) is 5.56 Å². The molecule has 1 aliphatic rings. The molecule has 0 radical (unpaired) electrons. The smallest absolute Gasteiger partial charge is 0.0854 e. The molecule has 0 amide bonds. The molecule has 0 N–H and O–H groups in total. The molecule has 0 saturated carbocycles. The zero-order valence-corrected chi connectivity index (χ0v) is 13.6. The summed E-state index contributed by atoms with van der Waals surface area (Å²) in [6.45, 7) is 2.82. The van der Waals surface area contributed by atoms with Crippen molar-refractivity contribution in [1.82, 2.24) is 4.90 Å². The van der Waals surface area contributed by atoms with E-state index in [4.69, 9.17) is 0 Å². The number of nitrogens with zero attached hydrogens (tertiary/aromatic N) is 2. The minimum absolute atomic E-state index is 0.906. The van der Waals surface area contributed by atoms with Gasteiger partial charge in [0.2, 0.25) is 0 Å². The van der Waals surface area contributed by atoms with Gasteiger partial charge in [-0.05, 0) is 27.8 Å². The molecule has 0 fully saturated rings. The molecule has 0 aromatic heterocycles. The van der Waals surface area contributed by atoms with Crippen LogP contribution in [0.2, 0.25) is 0 Å². The van der Waals surface area contributed by atoms with Gasteiger partial charge in [-0.2, -0.15) is 0 Å². The van der Waals surface area contributed by atoms with Crippen LogP contribution in [0.15, 0.2) is 83.9 Å². The molecule has 0 bridgehead atoms. The number of benzene rings is 3. The molecule has 0 atom stereocenters. The Morgan fingerprint density at radius 2 is 1.38 bits per heavy atom. The van der Waals surface area contributed by atoms with Crippen LogP contribution in [0.3, 0.4) is 0 Å². The third-order valence-electron chi connectivity index (χ3n) is 4.45. The molecular formula is C22H20N2. The average molecular weight is 312 g/mol. The molecule has 1 heterocycles. The Balaban J connectivity index is 1.78. The first-order valence-corrected chi connectivity index (χ1v) is 8.38. The second kappa shape index (κ2) is 6.71. The van der Waals surface area contributed by atoms with Crippen LogP contribution in [0, 0.1) is 0 Å². The maximum Gasteiger partial charge on any atom is 0.0854 e. The van der Waals surface area contributed by atoms with Gasteiger partial charge in [-0.1, -0.05) is 78.9 Å². The van der Waals surface area contributed by atoms with E-state index in [2.05, 4.69) is 88.8 Å². The quantitative estimate of drug-likeness (QED) is 0.671. The van der Waals surface area contributed by atoms with Gasteiger partial charge in [0.15, 0.2) is 0 Å². The van der Waals surface area contributed by atoms with E-state index >= 15 is 0 Å². The van der Waals surface area contributed by atoms with Gasteiger partial charge in [0.1, 0.15) is 0 Å². The molecule has 3 aromatic rings. The van der Waals surface area contributed by atoms with Crippen molar-refractivity contribution in [1.29, 1.82) is 0 Å². The van der Waals surface area contributed by atoms with E-state index in [1.165, 1.54) is 27.8 Å². The Kier molecular flexibility index (Phi) is 4.11. The van der Waals surface area contributed by atoms with Gasteiger partial charge < -0.3 is 4.90 Å². The molecule has 0 unspecified atom stereocenters. The topological polar surface area (TPSA) is 15.6 Å². The first-order valence-electron chi connectivity index (χ1n) is 8.38. The van der Waals surface area contributed by atoms with Gasteiger partial charge in [0.25, 0.3) is 0 Å². The van der Waals surface area contributed by atoms with E-state index in [9.17, 15) is 0 Å². The van der Waals surface area contributed by atoms with Crippen molar-refractivity contribution in [3.05, 3.63) is 84.4 Å². The predicted octanol–water partition coefficient (Wildman–Crippen LogP) is 4.86. The summed E-state index contributed by atoms with van der Waals surface area (Å²) in [4.78, 5) is 6.61. The normalized spacial score (nSPS) is 13.4. The van der Waals surface area contributed by atoms with Crippen LogP contribution >= 0.6 is 0 Å². The minimum Gasteiger partial charge on any atom is -0.357 e. The lowest BCUT2D eigenvalue weighted by atomic mass is 9.92. The fourth-order valence-corrected chi connectivity index (χ4v) is 3.26. The van der Waals surface area contributed by atoms with E-state index in [0.717, 1.165) is 19.6 Å². The molecule has 0 aliphatic carbocycles. The second-order valence-electron chi connectivity index (χ2n) is 6.06. The fraction of sp³-hybridized carbons (Fsp3) is 0.136. The molecule has 0 spiro atoms. The van der Waals surface area contributed by atoms with E-state index in [1.807, 2.05) is 6.34 Å². The second-order valence-corrected chi connectivity index (χ2v) is 6.06. The summed E-state index contributed by atoms with van der Waals surface area (Å²) in [5.74, 6) is 0. The largest absolute Gasteiger partial charge is 0.357 e. The summed E-state index contributed by atoms with van der Waals surface area (Å²) >= 11 is 0. The zero-order valence-electron chi connectivity index (χ0n) is 13.6. The first kappa shape index (κ1) is 14.7. The van der Waals surface area contributed by atoms with E-state index in [0.29, 0.717) is 0 Å². The SMILES string of the molecule is C1=NCCN1Cc1ccccc1-c1ccccc1-c1ccccc1. The molecule has 2 nitrogen and oxygen atoms in total. The average Bonchev–Trinajstić information content (AvgIpc) is 3.16. The van der Waals surface area contributed by atoms with Crippen LogP contribution in [-0.2, 0) is 6.54 Å². The Morgan fingerprint density at radius 1 is 0.708 bits per heavy atom. The van der Waals surface area contributed by atoms with E-state index < -0.39 is 0 Å². The molecule has 2 heteroatoms. The maximum atomic E-state index is 4.33. The van der Waals surface area contributed by atoms with Gasteiger partial charge >= 0.3 is 0 Å². The van der Waals surface area contributed by atoms with E-state index in [1.54, 1.807) is 0 Å². The number of aliphatic imine (C=N–C) groups is 1. The van der Waals surface area contributed by atoms with Crippen molar-refractivity contribution in [3.8, 4) is 22.3 Å². The Labute approximate surface area is 143 Å². The summed E-state index contributed by atoms with van der Waals surface area (Å²) in [5.41, 5.74) is 6.47. The van der Waals surface area contributed by atoms with Crippen molar-refractivity contribution in [3.63, 3.8) is 0 Å². The van der Waals surface area contributed by atoms with Crippen molar-refractivity contribution >= 4 is 6.34 Å². The molecule has 0 saturated heterocycles. The third kappa shape index (κ3) is 2.95. The molecular weight excluding hydrogens is 292 g/mol. The van der Waals surface area contributed by atoms with Crippen LogP contribution in [0.25, 0.3) is 22.3 Å². The highest BCUT2D eigenvalue weighted by Crippen LogP contribution is 2.34. The van der Waals surface area contributed by atoms with Crippen molar-refractivity contribution in [2.24, 2.45) is 4.99 Å². The summed E-state index contributed by atoms with van der Waals surface area (Å²) in [6, 6.07) is 28.0. The van der Waals surface area contributed by atoms with Crippen LogP contribution in [-0.4, -0.2) is 24.3 Å². The molecule has 1 aliphatic heterocycles. The monoisotopic (exact) mass is 312 g/mol. The predicted molar refractivity (Wildman–Crippen MR) is 101 cm³/mol. The van der Waals surface area contributed by atoms with E-state index in [-0.39, 0.29) is 0 Å². The standard InChI is InChI=1S/C22H20N2/c1-2-8-18(9-3-1)20-11-6-7-13-22(20)21-12-5-4-10-19(21)16-24-15-14-23-17-24/h1-13,17H,14-16H2. The first-order chi connectivity index (χ1) is 11.9. The Bertz CT molecular complexity index is 853. The van der Waals surface area contributed by atoms with Gasteiger partial charge in [-0.15, -0.1) is 0 Å². The molecule has 4 rings (SSSR count). The van der Waals surface area contributed by atoms with Crippen LogP contribution in [0.5, 0.6) is 0 Å². The van der Waals surface area contributed by atoms with Crippen molar-refractivity contribution in [2.45, 2.75) is 6.54 Å². The van der Waals surface area contributed by atoms with Crippen LogP contribution < -0.4 is 0 Å². The maximum absolute atomic E-state index is 4.33. The highest BCUT2D eigenvalue weighted by atomic mass is 15.2. The molecule has 118 valence electrons. The summed E-state index contributed by atoms with van der Waals surface area (Å²) in [7, 11) is 0. The number of hydrogen-bond acceptors (Lipinski definition) is 2. The van der Waals surface area contributed by atoms with Gasteiger partial charge in [-0.3, -0.25) is 4.99 Å². The van der Waals surface area contributed by atoms with Crippen LogP contribution in [0.4, 0.5) is 0 Å².